The average Bonchev–Trinajstić information content (AvgIpc) is 2.72. The van der Waals surface area contributed by atoms with Crippen molar-refractivity contribution in [1.82, 2.24) is 10.3 Å². The van der Waals surface area contributed by atoms with Crippen molar-refractivity contribution in [3.63, 3.8) is 0 Å². The fraction of sp³-hybridized carbons (Fsp3) is 0.182. The zero-order chi connectivity index (χ0) is 18.4. The molecule has 0 radical (unpaired) electrons. The number of carbonyl (C=O) groups is 1. The topological polar surface area (TPSA) is 60.5 Å². The van der Waals surface area contributed by atoms with Crippen LogP contribution in [0.2, 0.25) is 0 Å². The Morgan fingerprint density at radius 3 is 2.37 bits per heavy atom. The van der Waals surface area contributed by atoms with Crippen molar-refractivity contribution >= 4 is 5.91 Å². The molecule has 27 heavy (non-hydrogen) atoms. The number of hydrogen-bond donors (Lipinski definition) is 1. The standard InChI is InChI=1S/C21H20N2O3.CH4/c1-25-19-8-6-15(7-9-19)12-23-21(24)18-10-17(13-22-14-18)16-4-3-5-20(11-16)26-2;/h3-11,13-14H,12H2,1-2H3,(H,23,24);1H4. The number of methoxy groups -OCH3 is 2. The van der Waals surface area contributed by atoms with Gasteiger partial charge in [0.2, 0.25) is 0 Å². The maximum Gasteiger partial charge on any atom is 0.253 e. The van der Waals surface area contributed by atoms with E-state index in [1.165, 1.54) is 0 Å². The zero-order valence-electron chi connectivity index (χ0n) is 14.7. The SMILES string of the molecule is C.COc1ccc(CNC(=O)c2cncc(-c3cccc(OC)c3)c2)cc1. The van der Waals surface area contributed by atoms with E-state index >= 15 is 0 Å². The van der Waals surface area contributed by atoms with Gasteiger partial charge in [0.15, 0.2) is 0 Å². The molecule has 0 atom stereocenters. The van der Waals surface area contributed by atoms with Gasteiger partial charge in [0.25, 0.3) is 5.91 Å². The molecule has 1 heterocycles. The number of amides is 1. The largest absolute Gasteiger partial charge is 0.497 e. The number of pyridine rings is 1. The van der Waals surface area contributed by atoms with Crippen LogP contribution in [0, 0.1) is 0 Å². The van der Waals surface area contributed by atoms with Crippen LogP contribution in [-0.2, 0) is 6.54 Å². The van der Waals surface area contributed by atoms with Crippen LogP contribution < -0.4 is 14.8 Å². The lowest BCUT2D eigenvalue weighted by atomic mass is 10.1. The molecule has 5 nitrogen and oxygen atoms in total. The Balaban J connectivity index is 0.00000261. The van der Waals surface area contributed by atoms with Crippen molar-refractivity contribution in [1.29, 1.82) is 0 Å². The summed E-state index contributed by atoms with van der Waals surface area (Å²) in [6.07, 6.45) is 3.29. The molecule has 3 aromatic rings. The van der Waals surface area contributed by atoms with Crippen LogP contribution in [-0.4, -0.2) is 25.1 Å². The van der Waals surface area contributed by atoms with Gasteiger partial charge in [0.05, 0.1) is 19.8 Å². The Labute approximate surface area is 160 Å². The number of nitrogens with one attached hydrogen (secondary N) is 1. The second-order valence-corrected chi connectivity index (χ2v) is 5.72. The normalized spacial score (nSPS) is 9.85. The van der Waals surface area contributed by atoms with E-state index in [0.29, 0.717) is 12.1 Å². The van der Waals surface area contributed by atoms with Gasteiger partial charge in [-0.1, -0.05) is 31.7 Å². The van der Waals surface area contributed by atoms with E-state index < -0.39 is 0 Å². The third kappa shape index (κ3) is 5.07. The Morgan fingerprint density at radius 1 is 0.926 bits per heavy atom. The van der Waals surface area contributed by atoms with E-state index in [1.54, 1.807) is 26.6 Å². The summed E-state index contributed by atoms with van der Waals surface area (Å²) in [5.74, 6) is 1.38. The summed E-state index contributed by atoms with van der Waals surface area (Å²) in [5, 5.41) is 2.91. The molecule has 5 heteroatoms. The Bertz CT molecular complexity index is 892. The highest BCUT2D eigenvalue weighted by atomic mass is 16.5. The van der Waals surface area contributed by atoms with Crippen molar-refractivity contribution in [2.75, 3.05) is 14.2 Å². The fourth-order valence-electron chi connectivity index (χ4n) is 2.55. The molecular formula is C22H24N2O3. The third-order valence-corrected chi connectivity index (χ3v) is 4.02. The predicted molar refractivity (Wildman–Crippen MR) is 107 cm³/mol. The van der Waals surface area contributed by atoms with Crippen molar-refractivity contribution in [2.45, 2.75) is 14.0 Å². The number of carbonyl (C=O) groups excluding carboxylic acids is 1. The smallest absolute Gasteiger partial charge is 0.253 e. The summed E-state index contributed by atoms with van der Waals surface area (Å²) < 4.78 is 10.4. The van der Waals surface area contributed by atoms with Crippen molar-refractivity contribution < 1.29 is 14.3 Å². The number of hydrogen-bond acceptors (Lipinski definition) is 4. The summed E-state index contributed by atoms with van der Waals surface area (Å²) in [6.45, 7) is 0.437. The fourth-order valence-corrected chi connectivity index (χ4v) is 2.55. The van der Waals surface area contributed by atoms with Gasteiger partial charge in [0, 0.05) is 24.5 Å². The molecule has 0 aliphatic rings. The molecule has 0 spiro atoms. The summed E-state index contributed by atoms with van der Waals surface area (Å²) >= 11 is 0. The molecule has 1 amide bonds. The third-order valence-electron chi connectivity index (χ3n) is 4.02. The van der Waals surface area contributed by atoms with Crippen LogP contribution in [0.15, 0.2) is 67.0 Å². The van der Waals surface area contributed by atoms with Crippen LogP contribution in [0.5, 0.6) is 11.5 Å². The lowest BCUT2D eigenvalue weighted by Crippen LogP contribution is -2.22. The first-order valence-corrected chi connectivity index (χ1v) is 8.20. The van der Waals surface area contributed by atoms with E-state index in [-0.39, 0.29) is 13.3 Å². The molecule has 1 aromatic heterocycles. The van der Waals surface area contributed by atoms with Crippen LogP contribution in [0.1, 0.15) is 23.3 Å². The highest BCUT2D eigenvalue weighted by Gasteiger charge is 2.08. The molecule has 0 aliphatic carbocycles. The van der Waals surface area contributed by atoms with Gasteiger partial charge in [-0.15, -0.1) is 0 Å². The first-order chi connectivity index (χ1) is 12.7. The van der Waals surface area contributed by atoms with Gasteiger partial charge in [-0.3, -0.25) is 9.78 Å². The van der Waals surface area contributed by atoms with E-state index in [4.69, 9.17) is 9.47 Å². The first kappa shape index (κ1) is 20.0. The number of benzene rings is 2. The van der Waals surface area contributed by atoms with E-state index in [0.717, 1.165) is 28.2 Å². The van der Waals surface area contributed by atoms with Gasteiger partial charge < -0.3 is 14.8 Å². The van der Waals surface area contributed by atoms with Crippen molar-refractivity contribution in [3.05, 3.63) is 78.1 Å². The lowest BCUT2D eigenvalue weighted by molar-refractivity contribution is 0.0950. The minimum absolute atomic E-state index is 0. The first-order valence-electron chi connectivity index (χ1n) is 8.20. The second kappa shape index (κ2) is 9.38. The molecule has 0 saturated heterocycles. The summed E-state index contributed by atoms with van der Waals surface area (Å²) in [5.41, 5.74) is 3.32. The average molecular weight is 364 g/mol. The minimum atomic E-state index is -0.168. The van der Waals surface area contributed by atoms with Crippen molar-refractivity contribution in [2.24, 2.45) is 0 Å². The molecule has 3 rings (SSSR count). The van der Waals surface area contributed by atoms with E-state index in [9.17, 15) is 4.79 Å². The van der Waals surface area contributed by atoms with Crippen LogP contribution >= 0.6 is 0 Å². The number of nitrogens with zero attached hydrogens (tertiary/aromatic N) is 1. The highest BCUT2D eigenvalue weighted by Crippen LogP contribution is 2.23. The number of ether oxygens (including phenoxy) is 2. The quantitative estimate of drug-likeness (QED) is 0.707. The van der Waals surface area contributed by atoms with Crippen LogP contribution in [0.3, 0.4) is 0 Å². The molecule has 0 unspecified atom stereocenters. The maximum absolute atomic E-state index is 12.4. The molecule has 1 N–H and O–H groups in total. The lowest BCUT2D eigenvalue weighted by Gasteiger charge is -2.08. The van der Waals surface area contributed by atoms with Gasteiger partial charge >= 0.3 is 0 Å². The van der Waals surface area contributed by atoms with Gasteiger partial charge in [-0.2, -0.15) is 0 Å². The highest BCUT2D eigenvalue weighted by molar-refractivity contribution is 5.95. The minimum Gasteiger partial charge on any atom is -0.497 e. The maximum atomic E-state index is 12.4. The summed E-state index contributed by atoms with van der Waals surface area (Å²) in [7, 11) is 3.25. The monoisotopic (exact) mass is 364 g/mol. The van der Waals surface area contributed by atoms with E-state index in [2.05, 4.69) is 10.3 Å². The number of rotatable bonds is 6. The second-order valence-electron chi connectivity index (χ2n) is 5.72. The molecule has 0 fully saturated rings. The Kier molecular flexibility index (Phi) is 6.94. The number of aromatic nitrogens is 1. The predicted octanol–water partition coefficient (Wildman–Crippen LogP) is 4.33. The molecule has 0 bridgehead atoms. The van der Waals surface area contributed by atoms with Gasteiger partial charge in [-0.25, -0.2) is 0 Å². The van der Waals surface area contributed by atoms with Gasteiger partial charge in [-0.05, 0) is 41.5 Å². The summed E-state index contributed by atoms with van der Waals surface area (Å²) in [6, 6.07) is 17.1. The van der Waals surface area contributed by atoms with Crippen molar-refractivity contribution in [3.8, 4) is 22.6 Å². The van der Waals surface area contributed by atoms with Crippen LogP contribution in [0.4, 0.5) is 0 Å². The Hall–Kier alpha value is -3.34. The molecule has 140 valence electrons. The van der Waals surface area contributed by atoms with Gasteiger partial charge in [0.1, 0.15) is 11.5 Å². The Morgan fingerprint density at radius 2 is 1.67 bits per heavy atom. The zero-order valence-corrected chi connectivity index (χ0v) is 14.7. The molecule has 0 saturated carbocycles. The van der Waals surface area contributed by atoms with E-state index in [1.807, 2.05) is 54.6 Å². The summed E-state index contributed by atoms with van der Waals surface area (Å²) in [4.78, 5) is 16.6. The molecule has 2 aromatic carbocycles. The molecule has 0 aliphatic heterocycles. The molecular weight excluding hydrogens is 340 g/mol. The van der Waals surface area contributed by atoms with Crippen LogP contribution in [0.25, 0.3) is 11.1 Å².